The molecule has 0 aliphatic heterocycles. The van der Waals surface area contributed by atoms with Gasteiger partial charge in [0.15, 0.2) is 0 Å². The van der Waals surface area contributed by atoms with Crippen LogP contribution >= 0.6 is 0 Å². The maximum Gasteiger partial charge on any atom is 0.233 e. The zero-order valence-electron chi connectivity index (χ0n) is 6.75. The highest BCUT2D eigenvalue weighted by Gasteiger charge is 2.05. The maximum atomic E-state index is 8.58. The number of rotatable bonds is 1. The third-order valence-corrected chi connectivity index (χ3v) is 1.76. The molecule has 0 saturated carbocycles. The second-order valence-corrected chi connectivity index (χ2v) is 2.63. The smallest absolute Gasteiger partial charge is 0.233 e. The maximum absolute atomic E-state index is 8.58. The average molecular weight is 173 g/mol. The summed E-state index contributed by atoms with van der Waals surface area (Å²) < 4.78 is 1.73. The SMILES string of the molecule is N#CC(N)c1cnc2nccn2c1. The molecule has 2 N–H and O–H groups in total. The molecule has 2 rings (SSSR count). The van der Waals surface area contributed by atoms with Crippen molar-refractivity contribution >= 4 is 5.78 Å². The highest BCUT2D eigenvalue weighted by Crippen LogP contribution is 2.07. The number of hydrogen-bond donors (Lipinski definition) is 1. The van der Waals surface area contributed by atoms with Crippen molar-refractivity contribution in [2.75, 3.05) is 0 Å². The van der Waals surface area contributed by atoms with E-state index in [1.54, 1.807) is 29.2 Å². The first-order chi connectivity index (χ1) is 6.31. The number of imidazole rings is 1. The van der Waals surface area contributed by atoms with Crippen molar-refractivity contribution in [2.45, 2.75) is 6.04 Å². The first kappa shape index (κ1) is 7.71. The van der Waals surface area contributed by atoms with E-state index in [2.05, 4.69) is 9.97 Å². The van der Waals surface area contributed by atoms with Gasteiger partial charge in [-0.15, -0.1) is 0 Å². The molecule has 0 bridgehead atoms. The molecule has 0 aliphatic rings. The molecular formula is C8H7N5. The Hall–Kier alpha value is -1.93. The van der Waals surface area contributed by atoms with Gasteiger partial charge in [0.1, 0.15) is 6.04 Å². The number of nitrogens with two attached hydrogens (primary N) is 1. The van der Waals surface area contributed by atoms with Gasteiger partial charge in [-0.25, -0.2) is 9.97 Å². The summed E-state index contributed by atoms with van der Waals surface area (Å²) in [7, 11) is 0. The highest BCUT2D eigenvalue weighted by molar-refractivity contribution is 5.30. The van der Waals surface area contributed by atoms with Crippen LogP contribution in [0.5, 0.6) is 0 Å². The predicted molar refractivity (Wildman–Crippen MR) is 45.5 cm³/mol. The average Bonchev–Trinajstić information content (AvgIpc) is 2.63. The lowest BCUT2D eigenvalue weighted by Crippen LogP contribution is -2.08. The summed E-state index contributed by atoms with van der Waals surface area (Å²) >= 11 is 0. The Balaban J connectivity index is 2.55. The number of hydrogen-bond acceptors (Lipinski definition) is 4. The first-order valence-electron chi connectivity index (χ1n) is 3.75. The van der Waals surface area contributed by atoms with Crippen molar-refractivity contribution in [1.29, 1.82) is 5.26 Å². The molecular weight excluding hydrogens is 166 g/mol. The van der Waals surface area contributed by atoms with E-state index in [1.165, 1.54) is 0 Å². The van der Waals surface area contributed by atoms with Crippen LogP contribution < -0.4 is 5.73 Å². The van der Waals surface area contributed by atoms with Gasteiger partial charge in [-0.1, -0.05) is 0 Å². The lowest BCUT2D eigenvalue weighted by atomic mass is 10.2. The monoisotopic (exact) mass is 173 g/mol. The van der Waals surface area contributed by atoms with E-state index < -0.39 is 6.04 Å². The molecule has 13 heavy (non-hydrogen) atoms. The van der Waals surface area contributed by atoms with E-state index in [4.69, 9.17) is 11.0 Å². The predicted octanol–water partition coefficient (Wildman–Crippen LogP) is 0.253. The first-order valence-corrected chi connectivity index (χ1v) is 3.75. The largest absolute Gasteiger partial charge is 0.312 e. The Labute approximate surface area is 74.5 Å². The molecule has 1 atom stereocenters. The van der Waals surface area contributed by atoms with E-state index in [1.807, 2.05) is 6.07 Å². The molecule has 2 heterocycles. The molecule has 0 aromatic carbocycles. The van der Waals surface area contributed by atoms with Crippen LogP contribution in [-0.2, 0) is 0 Å². The second-order valence-electron chi connectivity index (χ2n) is 2.63. The van der Waals surface area contributed by atoms with Crippen LogP contribution in [0.2, 0.25) is 0 Å². The van der Waals surface area contributed by atoms with Gasteiger partial charge in [-0.2, -0.15) is 5.26 Å². The summed E-state index contributed by atoms with van der Waals surface area (Å²) in [5.74, 6) is 0.605. The van der Waals surface area contributed by atoms with Crippen molar-refractivity contribution in [1.82, 2.24) is 14.4 Å². The highest BCUT2D eigenvalue weighted by atomic mass is 15.1. The van der Waals surface area contributed by atoms with Crippen molar-refractivity contribution in [3.05, 3.63) is 30.4 Å². The molecule has 0 spiro atoms. The minimum atomic E-state index is -0.626. The van der Waals surface area contributed by atoms with Gasteiger partial charge in [0.05, 0.1) is 6.07 Å². The van der Waals surface area contributed by atoms with Gasteiger partial charge in [0, 0.05) is 30.4 Å². The lowest BCUT2D eigenvalue weighted by Gasteiger charge is -2.01. The number of fused-ring (bicyclic) bond motifs is 1. The third-order valence-electron chi connectivity index (χ3n) is 1.76. The summed E-state index contributed by atoms with van der Waals surface area (Å²) in [4.78, 5) is 8.00. The molecule has 0 radical (unpaired) electrons. The van der Waals surface area contributed by atoms with Crippen molar-refractivity contribution in [3.63, 3.8) is 0 Å². The summed E-state index contributed by atoms with van der Waals surface area (Å²) in [5, 5.41) is 8.58. The number of nitriles is 1. The van der Waals surface area contributed by atoms with Crippen molar-refractivity contribution in [3.8, 4) is 6.07 Å². The third kappa shape index (κ3) is 1.23. The quantitative estimate of drug-likeness (QED) is 0.670. The Bertz CT molecular complexity index is 467. The molecule has 0 amide bonds. The number of aromatic nitrogens is 3. The fourth-order valence-corrected chi connectivity index (χ4v) is 1.07. The lowest BCUT2D eigenvalue weighted by molar-refractivity contribution is 0.892. The Kier molecular flexibility index (Phi) is 1.69. The Morgan fingerprint density at radius 1 is 1.54 bits per heavy atom. The Morgan fingerprint density at radius 2 is 2.38 bits per heavy atom. The molecule has 0 aliphatic carbocycles. The zero-order chi connectivity index (χ0) is 9.26. The van der Waals surface area contributed by atoms with Crippen molar-refractivity contribution in [2.24, 2.45) is 5.73 Å². The van der Waals surface area contributed by atoms with Crippen LogP contribution in [0.1, 0.15) is 11.6 Å². The fraction of sp³-hybridized carbons (Fsp3) is 0.125. The molecule has 5 nitrogen and oxygen atoms in total. The standard InChI is InChI=1S/C8H7N5/c9-3-7(10)6-4-12-8-11-1-2-13(8)5-6/h1-2,4-5,7H,10H2. The van der Waals surface area contributed by atoms with Crippen LogP contribution in [0.15, 0.2) is 24.8 Å². The van der Waals surface area contributed by atoms with E-state index in [0.717, 1.165) is 0 Å². The van der Waals surface area contributed by atoms with Crippen molar-refractivity contribution < 1.29 is 0 Å². The molecule has 5 heteroatoms. The minimum Gasteiger partial charge on any atom is -0.312 e. The van der Waals surface area contributed by atoms with Gasteiger partial charge < -0.3 is 5.73 Å². The normalized spacial score (nSPS) is 12.6. The van der Waals surface area contributed by atoms with E-state index >= 15 is 0 Å². The molecule has 2 aromatic rings. The summed E-state index contributed by atoms with van der Waals surface area (Å²) in [6, 6.07) is 1.32. The summed E-state index contributed by atoms with van der Waals surface area (Å²) in [6.07, 6.45) is 6.72. The Morgan fingerprint density at radius 3 is 3.15 bits per heavy atom. The van der Waals surface area contributed by atoms with Crippen LogP contribution in [0.3, 0.4) is 0 Å². The second kappa shape index (κ2) is 2.84. The van der Waals surface area contributed by atoms with E-state index in [0.29, 0.717) is 11.3 Å². The van der Waals surface area contributed by atoms with Gasteiger partial charge >= 0.3 is 0 Å². The summed E-state index contributed by atoms with van der Waals surface area (Å²) in [6.45, 7) is 0. The topological polar surface area (TPSA) is 80.0 Å². The van der Waals surface area contributed by atoms with Gasteiger partial charge in [0.25, 0.3) is 0 Å². The minimum absolute atomic E-state index is 0.605. The fourth-order valence-electron chi connectivity index (χ4n) is 1.07. The molecule has 0 saturated heterocycles. The van der Waals surface area contributed by atoms with Gasteiger partial charge in [-0.05, 0) is 0 Å². The molecule has 64 valence electrons. The van der Waals surface area contributed by atoms with E-state index in [-0.39, 0.29) is 0 Å². The van der Waals surface area contributed by atoms with E-state index in [9.17, 15) is 0 Å². The molecule has 0 fully saturated rings. The zero-order valence-corrected chi connectivity index (χ0v) is 6.75. The van der Waals surface area contributed by atoms with Crippen LogP contribution in [0, 0.1) is 11.3 Å². The van der Waals surface area contributed by atoms with Crippen LogP contribution in [0.25, 0.3) is 5.78 Å². The van der Waals surface area contributed by atoms with Gasteiger partial charge in [0.2, 0.25) is 5.78 Å². The summed E-state index contributed by atoms with van der Waals surface area (Å²) in [5.41, 5.74) is 6.21. The van der Waals surface area contributed by atoms with Crippen LogP contribution in [0.4, 0.5) is 0 Å². The number of nitrogens with zero attached hydrogens (tertiary/aromatic N) is 4. The van der Waals surface area contributed by atoms with Crippen LogP contribution in [-0.4, -0.2) is 14.4 Å². The molecule has 2 aromatic heterocycles. The molecule has 1 unspecified atom stereocenters. The van der Waals surface area contributed by atoms with Gasteiger partial charge in [-0.3, -0.25) is 4.40 Å².